The third-order valence-electron chi connectivity index (χ3n) is 5.97. The maximum atomic E-state index is 10.3. The molecule has 0 aromatic rings. The third kappa shape index (κ3) is 1.94. The molecule has 0 aromatic heterocycles. The minimum Gasteiger partial charge on any atom is -0.396 e. The molecule has 0 saturated heterocycles. The average Bonchev–Trinajstić information content (AvgIpc) is 2.29. The van der Waals surface area contributed by atoms with Crippen molar-refractivity contribution in [1.29, 1.82) is 0 Å². The van der Waals surface area contributed by atoms with Gasteiger partial charge in [0.2, 0.25) is 0 Å². The predicted octanol–water partition coefficient (Wildman–Crippen LogP) is 3.14. The number of allylic oxidation sites excluding steroid dienone is 1. The van der Waals surface area contributed by atoms with E-state index in [0.29, 0.717) is 11.8 Å². The molecule has 4 atom stereocenters. The van der Waals surface area contributed by atoms with Gasteiger partial charge in [0.05, 0.1) is 6.10 Å². The first-order chi connectivity index (χ1) is 8.34. The van der Waals surface area contributed by atoms with Crippen LogP contribution in [-0.4, -0.2) is 22.9 Å². The predicted molar refractivity (Wildman–Crippen MR) is 74.2 cm³/mol. The van der Waals surface area contributed by atoms with Gasteiger partial charge in [-0.25, -0.2) is 0 Å². The van der Waals surface area contributed by atoms with Crippen LogP contribution in [0.5, 0.6) is 0 Å². The molecule has 2 saturated carbocycles. The highest BCUT2D eigenvalue weighted by atomic mass is 16.3. The largest absolute Gasteiger partial charge is 0.396 e. The summed E-state index contributed by atoms with van der Waals surface area (Å²) in [6.45, 7) is 11.3. The second kappa shape index (κ2) is 4.64. The van der Waals surface area contributed by atoms with Crippen LogP contribution < -0.4 is 0 Å². The Balaban J connectivity index is 2.34. The van der Waals surface area contributed by atoms with Gasteiger partial charge in [-0.05, 0) is 54.8 Å². The molecule has 2 heteroatoms. The van der Waals surface area contributed by atoms with Crippen molar-refractivity contribution < 1.29 is 10.2 Å². The molecule has 0 aliphatic heterocycles. The van der Waals surface area contributed by atoms with Crippen LogP contribution in [0.15, 0.2) is 12.2 Å². The molecule has 2 N–H and O–H groups in total. The van der Waals surface area contributed by atoms with Gasteiger partial charge in [0.1, 0.15) is 0 Å². The van der Waals surface area contributed by atoms with Crippen LogP contribution in [0.25, 0.3) is 0 Å². The summed E-state index contributed by atoms with van der Waals surface area (Å²) in [5.74, 6) is 0.962. The number of hydrogen-bond acceptors (Lipinski definition) is 2. The molecule has 2 aliphatic carbocycles. The first-order valence-corrected chi connectivity index (χ1v) is 7.30. The van der Waals surface area contributed by atoms with E-state index in [-0.39, 0.29) is 23.5 Å². The lowest BCUT2D eigenvalue weighted by Gasteiger charge is -2.59. The number of rotatable bonds is 2. The summed E-state index contributed by atoms with van der Waals surface area (Å²) in [6, 6.07) is 0. The number of hydrogen-bond donors (Lipinski definition) is 2. The van der Waals surface area contributed by atoms with Gasteiger partial charge >= 0.3 is 0 Å². The topological polar surface area (TPSA) is 40.5 Å². The van der Waals surface area contributed by atoms with Crippen LogP contribution in [0.4, 0.5) is 0 Å². The Morgan fingerprint density at radius 3 is 2.56 bits per heavy atom. The molecule has 0 aromatic carbocycles. The Morgan fingerprint density at radius 1 is 1.28 bits per heavy atom. The van der Waals surface area contributed by atoms with E-state index in [1.165, 1.54) is 5.57 Å². The van der Waals surface area contributed by atoms with Crippen molar-refractivity contribution in [1.82, 2.24) is 0 Å². The Hall–Kier alpha value is -0.340. The highest BCUT2D eigenvalue weighted by Gasteiger charge is 2.55. The number of fused-ring (bicyclic) bond motifs is 1. The van der Waals surface area contributed by atoms with Gasteiger partial charge in [-0.3, -0.25) is 0 Å². The van der Waals surface area contributed by atoms with Crippen molar-refractivity contribution in [3.05, 3.63) is 12.2 Å². The van der Waals surface area contributed by atoms with Gasteiger partial charge in [0.15, 0.2) is 0 Å². The summed E-state index contributed by atoms with van der Waals surface area (Å²) in [6.07, 6.45) is 4.79. The maximum Gasteiger partial charge on any atom is 0.0594 e. The fraction of sp³-hybridized carbons (Fsp3) is 0.875. The van der Waals surface area contributed by atoms with Gasteiger partial charge in [0.25, 0.3) is 0 Å². The lowest BCUT2D eigenvalue weighted by atomic mass is 9.46. The summed E-state index contributed by atoms with van der Waals surface area (Å²) in [5.41, 5.74) is 1.51. The van der Waals surface area contributed by atoms with Crippen molar-refractivity contribution in [2.75, 3.05) is 6.61 Å². The van der Waals surface area contributed by atoms with Crippen LogP contribution in [0.3, 0.4) is 0 Å². The highest BCUT2D eigenvalue weighted by Crippen LogP contribution is 2.61. The monoisotopic (exact) mass is 252 g/mol. The molecule has 0 spiro atoms. The molecule has 104 valence electrons. The van der Waals surface area contributed by atoms with E-state index in [4.69, 9.17) is 0 Å². The first kappa shape index (κ1) is 14.1. The zero-order chi connectivity index (χ0) is 13.6. The highest BCUT2D eigenvalue weighted by molar-refractivity contribution is 5.16. The summed E-state index contributed by atoms with van der Waals surface area (Å²) >= 11 is 0. The van der Waals surface area contributed by atoms with E-state index in [1.54, 1.807) is 0 Å². The first-order valence-electron chi connectivity index (χ1n) is 7.30. The third-order valence-corrected chi connectivity index (χ3v) is 5.97. The van der Waals surface area contributed by atoms with E-state index in [2.05, 4.69) is 27.4 Å². The zero-order valence-corrected chi connectivity index (χ0v) is 12.1. The van der Waals surface area contributed by atoms with E-state index >= 15 is 0 Å². The molecule has 0 bridgehead atoms. The number of aliphatic hydroxyl groups excluding tert-OH is 2. The van der Waals surface area contributed by atoms with E-state index in [9.17, 15) is 10.2 Å². The normalized spacial score (nSPS) is 43.6. The van der Waals surface area contributed by atoms with E-state index < -0.39 is 0 Å². The average molecular weight is 252 g/mol. The molecule has 0 heterocycles. The summed E-state index contributed by atoms with van der Waals surface area (Å²) in [5, 5.41) is 19.6. The van der Waals surface area contributed by atoms with Gasteiger partial charge in [0, 0.05) is 6.61 Å². The second-order valence-corrected chi connectivity index (χ2v) is 7.20. The standard InChI is InChI=1S/C16H28O2/c1-11-5-6-13-15(2,3)14(18)7-9-16(13,4)12(11)8-10-17/h12-14,17-18H,1,5-10H2,2-4H3/t12-,13-,14-,16+/m0/s1. The minimum atomic E-state index is -0.184. The lowest BCUT2D eigenvalue weighted by Crippen LogP contribution is -2.54. The van der Waals surface area contributed by atoms with Crippen molar-refractivity contribution in [3.63, 3.8) is 0 Å². The summed E-state index contributed by atoms with van der Waals surface area (Å²) in [7, 11) is 0. The molecule has 18 heavy (non-hydrogen) atoms. The second-order valence-electron chi connectivity index (χ2n) is 7.20. The van der Waals surface area contributed by atoms with Crippen molar-refractivity contribution >= 4 is 0 Å². The zero-order valence-electron chi connectivity index (χ0n) is 12.1. The van der Waals surface area contributed by atoms with Crippen LogP contribution in [0, 0.1) is 22.7 Å². The molecule has 0 radical (unpaired) electrons. The number of aliphatic hydroxyl groups is 2. The fourth-order valence-electron chi connectivity index (χ4n) is 4.83. The summed E-state index contributed by atoms with van der Waals surface area (Å²) < 4.78 is 0. The minimum absolute atomic E-state index is 0.0125. The van der Waals surface area contributed by atoms with Crippen LogP contribution in [-0.2, 0) is 0 Å². The Kier molecular flexibility index (Phi) is 3.63. The van der Waals surface area contributed by atoms with Gasteiger partial charge in [-0.15, -0.1) is 0 Å². The molecule has 2 fully saturated rings. The Morgan fingerprint density at radius 2 is 1.94 bits per heavy atom. The van der Waals surface area contributed by atoms with Crippen LogP contribution >= 0.6 is 0 Å². The summed E-state index contributed by atoms with van der Waals surface area (Å²) in [4.78, 5) is 0. The molecule has 0 unspecified atom stereocenters. The Labute approximate surface area is 111 Å². The van der Waals surface area contributed by atoms with Gasteiger partial charge < -0.3 is 10.2 Å². The molecular formula is C16H28O2. The SMILES string of the molecule is C=C1CC[C@H]2C(C)(C)[C@@H](O)CC[C@]2(C)[C@H]1CCO. The van der Waals surface area contributed by atoms with Crippen molar-refractivity contribution in [2.45, 2.75) is 59.0 Å². The molecule has 0 amide bonds. The molecule has 2 rings (SSSR count). The smallest absolute Gasteiger partial charge is 0.0594 e. The van der Waals surface area contributed by atoms with Crippen LogP contribution in [0.2, 0.25) is 0 Å². The fourth-order valence-corrected chi connectivity index (χ4v) is 4.83. The van der Waals surface area contributed by atoms with E-state index in [1.807, 2.05) is 0 Å². The molecule has 2 nitrogen and oxygen atoms in total. The Bertz CT molecular complexity index is 334. The molecular weight excluding hydrogens is 224 g/mol. The van der Waals surface area contributed by atoms with E-state index in [0.717, 1.165) is 32.1 Å². The molecule has 2 aliphatic rings. The van der Waals surface area contributed by atoms with Gasteiger partial charge in [-0.1, -0.05) is 32.9 Å². The van der Waals surface area contributed by atoms with Crippen molar-refractivity contribution in [3.8, 4) is 0 Å². The maximum absolute atomic E-state index is 10.3. The van der Waals surface area contributed by atoms with Gasteiger partial charge in [-0.2, -0.15) is 0 Å². The quantitative estimate of drug-likeness (QED) is 0.741. The van der Waals surface area contributed by atoms with Crippen molar-refractivity contribution in [2.24, 2.45) is 22.7 Å². The lowest BCUT2D eigenvalue weighted by molar-refractivity contribution is -0.126. The van der Waals surface area contributed by atoms with Crippen LogP contribution in [0.1, 0.15) is 52.9 Å².